The molecule has 0 radical (unpaired) electrons. The highest BCUT2D eigenvalue weighted by Gasteiger charge is 2.14. The molecule has 6 nitrogen and oxygen atoms in total. The summed E-state index contributed by atoms with van der Waals surface area (Å²) < 4.78 is 5.51. The SMILES string of the molecule is C[C@H](O)c1cccnc1Oc1ccc([N+](=O)[O-])cc1Cl. The quantitative estimate of drug-likeness (QED) is 0.689. The molecular formula is C13H11ClN2O4. The average Bonchev–Trinajstić information content (AvgIpc) is 2.41. The Bertz CT molecular complexity index is 646. The van der Waals surface area contributed by atoms with E-state index >= 15 is 0 Å². The summed E-state index contributed by atoms with van der Waals surface area (Å²) in [4.78, 5) is 14.1. The molecule has 1 atom stereocenters. The maximum atomic E-state index is 10.6. The van der Waals surface area contributed by atoms with E-state index in [1.165, 1.54) is 24.4 Å². The molecule has 0 unspecified atom stereocenters. The van der Waals surface area contributed by atoms with Crippen LogP contribution in [0.4, 0.5) is 5.69 Å². The molecule has 7 heteroatoms. The van der Waals surface area contributed by atoms with E-state index in [2.05, 4.69) is 4.98 Å². The number of aliphatic hydroxyl groups excluding tert-OH is 1. The van der Waals surface area contributed by atoms with Crippen molar-refractivity contribution < 1.29 is 14.8 Å². The van der Waals surface area contributed by atoms with E-state index in [9.17, 15) is 15.2 Å². The lowest BCUT2D eigenvalue weighted by Crippen LogP contribution is -1.98. The van der Waals surface area contributed by atoms with Crippen LogP contribution >= 0.6 is 11.6 Å². The lowest BCUT2D eigenvalue weighted by atomic mass is 10.2. The van der Waals surface area contributed by atoms with Crippen molar-refractivity contribution in [2.45, 2.75) is 13.0 Å². The van der Waals surface area contributed by atoms with Gasteiger partial charge in [0.2, 0.25) is 5.88 Å². The first kappa shape index (κ1) is 14.2. The third kappa shape index (κ3) is 3.04. The number of nitro groups is 1. The van der Waals surface area contributed by atoms with Gasteiger partial charge in [-0.15, -0.1) is 0 Å². The van der Waals surface area contributed by atoms with Crippen LogP contribution in [0.2, 0.25) is 5.02 Å². The zero-order valence-electron chi connectivity index (χ0n) is 10.5. The predicted molar refractivity (Wildman–Crippen MR) is 73.1 cm³/mol. The monoisotopic (exact) mass is 294 g/mol. The van der Waals surface area contributed by atoms with Gasteiger partial charge in [0.1, 0.15) is 5.75 Å². The van der Waals surface area contributed by atoms with Crippen LogP contribution in [0.25, 0.3) is 0 Å². The third-order valence-corrected chi connectivity index (χ3v) is 2.88. The molecule has 2 aromatic rings. The number of halogens is 1. The molecule has 0 aliphatic carbocycles. The van der Waals surface area contributed by atoms with Crippen LogP contribution in [0.1, 0.15) is 18.6 Å². The van der Waals surface area contributed by atoms with E-state index in [4.69, 9.17) is 16.3 Å². The number of pyridine rings is 1. The number of ether oxygens (including phenoxy) is 1. The zero-order valence-corrected chi connectivity index (χ0v) is 11.2. The van der Waals surface area contributed by atoms with E-state index in [0.717, 1.165) is 0 Å². The summed E-state index contributed by atoms with van der Waals surface area (Å²) in [5.74, 6) is 0.441. The number of nitro benzene ring substituents is 1. The molecule has 0 aliphatic rings. The fourth-order valence-electron chi connectivity index (χ4n) is 1.60. The highest BCUT2D eigenvalue weighted by molar-refractivity contribution is 6.32. The highest BCUT2D eigenvalue weighted by atomic mass is 35.5. The van der Waals surface area contributed by atoms with Crippen molar-refractivity contribution in [3.63, 3.8) is 0 Å². The van der Waals surface area contributed by atoms with E-state index in [-0.39, 0.29) is 22.3 Å². The second-order valence-electron chi connectivity index (χ2n) is 4.05. The molecule has 0 fully saturated rings. The van der Waals surface area contributed by atoms with Crippen molar-refractivity contribution in [1.82, 2.24) is 4.98 Å². The molecule has 1 aromatic heterocycles. The number of hydrogen-bond acceptors (Lipinski definition) is 5. The molecule has 2 rings (SSSR count). The first-order chi connectivity index (χ1) is 9.49. The molecule has 0 amide bonds. The van der Waals surface area contributed by atoms with Gasteiger partial charge in [0, 0.05) is 23.9 Å². The Balaban J connectivity index is 2.33. The van der Waals surface area contributed by atoms with Crippen molar-refractivity contribution in [1.29, 1.82) is 0 Å². The molecule has 0 saturated carbocycles. The molecule has 0 saturated heterocycles. The summed E-state index contributed by atoms with van der Waals surface area (Å²) in [7, 11) is 0. The van der Waals surface area contributed by atoms with Gasteiger partial charge in [-0.25, -0.2) is 4.98 Å². The van der Waals surface area contributed by atoms with Crippen LogP contribution < -0.4 is 4.74 Å². The number of aromatic nitrogens is 1. The molecule has 1 heterocycles. The van der Waals surface area contributed by atoms with Gasteiger partial charge in [0.15, 0.2) is 0 Å². The van der Waals surface area contributed by atoms with Gasteiger partial charge in [-0.05, 0) is 25.1 Å². The van der Waals surface area contributed by atoms with Gasteiger partial charge in [0.05, 0.1) is 16.0 Å². The Kier molecular flexibility index (Phi) is 4.16. The van der Waals surface area contributed by atoms with Crippen LogP contribution in [0.15, 0.2) is 36.5 Å². The van der Waals surface area contributed by atoms with Gasteiger partial charge >= 0.3 is 0 Å². The minimum atomic E-state index is -0.754. The van der Waals surface area contributed by atoms with Crippen LogP contribution in [-0.4, -0.2) is 15.0 Å². The normalized spacial score (nSPS) is 11.9. The zero-order chi connectivity index (χ0) is 14.7. The van der Waals surface area contributed by atoms with Crippen molar-refractivity contribution in [3.8, 4) is 11.6 Å². The van der Waals surface area contributed by atoms with Crippen molar-refractivity contribution >= 4 is 17.3 Å². The summed E-state index contributed by atoms with van der Waals surface area (Å²) in [5, 5.41) is 20.4. The van der Waals surface area contributed by atoms with Gasteiger partial charge in [-0.2, -0.15) is 0 Å². The fourth-order valence-corrected chi connectivity index (χ4v) is 1.81. The van der Waals surface area contributed by atoms with E-state index in [1.807, 2.05) is 0 Å². The number of nitrogens with zero attached hydrogens (tertiary/aromatic N) is 2. The summed E-state index contributed by atoms with van der Waals surface area (Å²) >= 11 is 5.94. The number of hydrogen-bond donors (Lipinski definition) is 1. The molecule has 0 aliphatic heterocycles. The summed E-state index contributed by atoms with van der Waals surface area (Å²) in [6.45, 7) is 1.58. The van der Waals surface area contributed by atoms with E-state index in [0.29, 0.717) is 5.56 Å². The predicted octanol–water partition coefficient (Wildman–Crippen LogP) is 3.49. The van der Waals surface area contributed by atoms with Crippen LogP contribution in [0.3, 0.4) is 0 Å². The number of rotatable bonds is 4. The summed E-state index contributed by atoms with van der Waals surface area (Å²) in [5.41, 5.74) is 0.376. The van der Waals surface area contributed by atoms with Crippen LogP contribution in [0, 0.1) is 10.1 Å². The Labute approximate surface area is 119 Å². The van der Waals surface area contributed by atoms with Crippen molar-refractivity contribution in [3.05, 3.63) is 57.2 Å². The van der Waals surface area contributed by atoms with E-state index in [1.54, 1.807) is 19.1 Å². The summed E-state index contributed by atoms with van der Waals surface area (Å²) in [6, 6.07) is 7.22. The highest BCUT2D eigenvalue weighted by Crippen LogP contribution is 2.34. The van der Waals surface area contributed by atoms with Gasteiger partial charge < -0.3 is 9.84 Å². The molecule has 0 bridgehead atoms. The maximum absolute atomic E-state index is 10.6. The van der Waals surface area contributed by atoms with Gasteiger partial charge in [0.25, 0.3) is 5.69 Å². The van der Waals surface area contributed by atoms with Gasteiger partial charge in [-0.3, -0.25) is 10.1 Å². The Morgan fingerprint density at radius 1 is 1.45 bits per heavy atom. The lowest BCUT2D eigenvalue weighted by molar-refractivity contribution is -0.384. The number of non-ortho nitro benzene ring substituents is 1. The number of benzene rings is 1. The smallest absolute Gasteiger partial charge is 0.271 e. The molecule has 1 N–H and O–H groups in total. The lowest BCUT2D eigenvalue weighted by Gasteiger charge is -2.12. The first-order valence-corrected chi connectivity index (χ1v) is 6.11. The van der Waals surface area contributed by atoms with Crippen LogP contribution in [-0.2, 0) is 0 Å². The first-order valence-electron chi connectivity index (χ1n) is 5.74. The maximum Gasteiger partial charge on any atom is 0.271 e. The molecule has 104 valence electrons. The minimum absolute atomic E-state index is 0.0985. The van der Waals surface area contributed by atoms with Crippen molar-refractivity contribution in [2.24, 2.45) is 0 Å². The van der Waals surface area contributed by atoms with Gasteiger partial charge in [-0.1, -0.05) is 11.6 Å². The fraction of sp³-hybridized carbons (Fsp3) is 0.154. The second-order valence-corrected chi connectivity index (χ2v) is 4.45. The third-order valence-electron chi connectivity index (χ3n) is 2.58. The number of aliphatic hydroxyl groups is 1. The van der Waals surface area contributed by atoms with E-state index < -0.39 is 11.0 Å². The minimum Gasteiger partial charge on any atom is -0.437 e. The molecule has 1 aromatic carbocycles. The summed E-state index contributed by atoms with van der Waals surface area (Å²) in [6.07, 6.45) is 0.760. The largest absolute Gasteiger partial charge is 0.437 e. The van der Waals surface area contributed by atoms with Crippen LogP contribution in [0.5, 0.6) is 11.6 Å². The topological polar surface area (TPSA) is 85.5 Å². The van der Waals surface area contributed by atoms with Crippen molar-refractivity contribution in [2.75, 3.05) is 0 Å². The standard InChI is InChI=1S/C13H11ClN2O4/c1-8(17)10-3-2-6-15-13(10)20-12-5-4-9(16(18)19)7-11(12)14/h2-8,17H,1H3/t8-/m0/s1. The Morgan fingerprint density at radius 2 is 2.20 bits per heavy atom. The average molecular weight is 295 g/mol. The molecular weight excluding hydrogens is 284 g/mol. The Hall–Kier alpha value is -2.18. The Morgan fingerprint density at radius 3 is 2.80 bits per heavy atom. The second kappa shape index (κ2) is 5.85. The molecule has 20 heavy (non-hydrogen) atoms. The molecule has 0 spiro atoms.